The smallest absolute Gasteiger partial charge is 0.249 e. The second-order valence-corrected chi connectivity index (χ2v) is 5.72. The predicted octanol–water partition coefficient (Wildman–Crippen LogP) is 2.05. The van der Waals surface area contributed by atoms with Gasteiger partial charge in [-0.3, -0.25) is 4.79 Å². The van der Waals surface area contributed by atoms with Gasteiger partial charge in [0.2, 0.25) is 17.6 Å². The van der Waals surface area contributed by atoms with Crippen LogP contribution < -0.4 is 10.6 Å². The number of carbonyl (C=O) groups is 1. The minimum Gasteiger partial charge on any atom is -0.344 e. The Balaban J connectivity index is 1.66. The van der Waals surface area contributed by atoms with Crippen LogP contribution in [0.5, 0.6) is 0 Å². The molecule has 1 atom stereocenters. The molecule has 122 valence electrons. The Labute approximate surface area is 133 Å². The average Bonchev–Trinajstić information content (AvgIpc) is 3.06. The summed E-state index contributed by atoms with van der Waals surface area (Å²) in [6.45, 7) is 3.51. The number of aromatic nitrogens is 2. The van der Waals surface area contributed by atoms with E-state index < -0.39 is 0 Å². The Kier molecular flexibility index (Phi) is 4.66. The van der Waals surface area contributed by atoms with E-state index >= 15 is 0 Å². The lowest BCUT2D eigenvalue weighted by molar-refractivity contribution is -0.126. The van der Waals surface area contributed by atoms with Gasteiger partial charge in [0, 0.05) is 11.5 Å². The average molecular weight is 318 g/mol. The van der Waals surface area contributed by atoms with Crippen LogP contribution in [0.4, 0.5) is 4.39 Å². The number of amides is 1. The molecular formula is C16H19FN4O2. The Morgan fingerprint density at radius 3 is 2.96 bits per heavy atom. The number of hydrogen-bond acceptors (Lipinski definition) is 5. The summed E-state index contributed by atoms with van der Waals surface area (Å²) in [5.41, 5.74) is 0.539. The van der Waals surface area contributed by atoms with Crippen molar-refractivity contribution in [3.05, 3.63) is 36.0 Å². The van der Waals surface area contributed by atoms with Crippen molar-refractivity contribution in [1.82, 2.24) is 20.8 Å². The van der Waals surface area contributed by atoms with Gasteiger partial charge < -0.3 is 15.2 Å². The van der Waals surface area contributed by atoms with E-state index in [1.807, 2.05) is 0 Å². The first kappa shape index (κ1) is 15.6. The molecule has 7 heteroatoms. The molecular weight excluding hydrogens is 299 g/mol. The molecule has 2 heterocycles. The highest BCUT2D eigenvalue weighted by atomic mass is 19.1. The zero-order chi connectivity index (χ0) is 16.2. The number of piperidine rings is 1. The van der Waals surface area contributed by atoms with Crippen LogP contribution in [0.25, 0.3) is 11.4 Å². The topological polar surface area (TPSA) is 80.0 Å². The standard InChI is InChI=1S/C16H19FN4O2/c1-10(19-15(22)11-5-7-18-8-6-11)16-20-14(21-23-16)12-3-2-4-13(17)9-12/h2-4,9-11,18H,5-8H2,1H3,(H,19,22). The number of nitrogens with zero attached hydrogens (tertiary/aromatic N) is 2. The normalized spacial score (nSPS) is 17.0. The molecule has 2 N–H and O–H groups in total. The van der Waals surface area contributed by atoms with Gasteiger partial charge in [-0.25, -0.2) is 4.39 Å². The molecule has 3 rings (SSSR count). The quantitative estimate of drug-likeness (QED) is 0.902. The Morgan fingerprint density at radius 2 is 2.22 bits per heavy atom. The lowest BCUT2D eigenvalue weighted by atomic mass is 9.97. The molecule has 1 unspecified atom stereocenters. The molecule has 1 saturated heterocycles. The van der Waals surface area contributed by atoms with Gasteiger partial charge in [0.05, 0.1) is 0 Å². The van der Waals surface area contributed by atoms with Crippen LogP contribution in [0.2, 0.25) is 0 Å². The fraction of sp³-hybridized carbons (Fsp3) is 0.438. The molecule has 1 aromatic heterocycles. The van der Waals surface area contributed by atoms with Crippen molar-refractivity contribution in [2.75, 3.05) is 13.1 Å². The molecule has 23 heavy (non-hydrogen) atoms. The molecule has 1 amide bonds. The highest BCUT2D eigenvalue weighted by molar-refractivity contribution is 5.79. The molecule has 1 aliphatic rings. The minimum absolute atomic E-state index is 0.00417. The second-order valence-electron chi connectivity index (χ2n) is 5.72. The summed E-state index contributed by atoms with van der Waals surface area (Å²) in [7, 11) is 0. The Bertz CT molecular complexity index is 682. The summed E-state index contributed by atoms with van der Waals surface area (Å²) < 4.78 is 18.4. The lowest BCUT2D eigenvalue weighted by Gasteiger charge is -2.22. The van der Waals surface area contributed by atoms with E-state index in [-0.39, 0.29) is 23.7 Å². The van der Waals surface area contributed by atoms with Gasteiger partial charge in [0.1, 0.15) is 11.9 Å². The van der Waals surface area contributed by atoms with Crippen LogP contribution in [0.15, 0.2) is 28.8 Å². The zero-order valence-electron chi connectivity index (χ0n) is 12.9. The summed E-state index contributed by atoms with van der Waals surface area (Å²) in [5.74, 6) is 0.281. The first-order valence-corrected chi connectivity index (χ1v) is 7.74. The summed E-state index contributed by atoms with van der Waals surface area (Å²) in [6.07, 6.45) is 1.66. The van der Waals surface area contributed by atoms with Crippen molar-refractivity contribution in [2.24, 2.45) is 5.92 Å². The van der Waals surface area contributed by atoms with Crippen molar-refractivity contribution in [1.29, 1.82) is 0 Å². The molecule has 0 saturated carbocycles. The van der Waals surface area contributed by atoms with E-state index in [9.17, 15) is 9.18 Å². The highest BCUT2D eigenvalue weighted by Gasteiger charge is 2.24. The maximum atomic E-state index is 13.2. The van der Waals surface area contributed by atoms with Gasteiger partial charge in [-0.05, 0) is 45.0 Å². The van der Waals surface area contributed by atoms with Gasteiger partial charge >= 0.3 is 0 Å². The summed E-state index contributed by atoms with van der Waals surface area (Å²) >= 11 is 0. The largest absolute Gasteiger partial charge is 0.344 e. The van der Waals surface area contributed by atoms with Crippen LogP contribution in [0.1, 0.15) is 31.7 Å². The molecule has 1 fully saturated rings. The SMILES string of the molecule is CC(NC(=O)C1CCNCC1)c1nc(-c2cccc(F)c2)no1. The minimum atomic E-state index is -0.382. The Hall–Kier alpha value is -2.28. The predicted molar refractivity (Wildman–Crippen MR) is 81.8 cm³/mol. The third kappa shape index (κ3) is 3.73. The second kappa shape index (κ2) is 6.87. The molecule has 0 spiro atoms. The van der Waals surface area contributed by atoms with Gasteiger partial charge in [-0.1, -0.05) is 17.3 Å². The first-order valence-electron chi connectivity index (χ1n) is 7.74. The fourth-order valence-corrected chi connectivity index (χ4v) is 2.63. The molecule has 0 radical (unpaired) electrons. The summed E-state index contributed by atoms with van der Waals surface area (Å²) in [5, 5.41) is 9.99. The molecule has 2 aromatic rings. The molecule has 6 nitrogen and oxygen atoms in total. The van der Waals surface area contributed by atoms with E-state index in [2.05, 4.69) is 20.8 Å². The van der Waals surface area contributed by atoms with E-state index in [0.29, 0.717) is 17.3 Å². The lowest BCUT2D eigenvalue weighted by Crippen LogP contribution is -2.39. The van der Waals surface area contributed by atoms with Gasteiger partial charge in [-0.15, -0.1) is 0 Å². The van der Waals surface area contributed by atoms with Crippen LogP contribution in [0, 0.1) is 11.7 Å². The number of rotatable bonds is 4. The number of benzene rings is 1. The monoisotopic (exact) mass is 318 g/mol. The molecule has 0 bridgehead atoms. The van der Waals surface area contributed by atoms with E-state index in [4.69, 9.17) is 4.52 Å². The van der Waals surface area contributed by atoms with Crippen molar-refractivity contribution >= 4 is 5.91 Å². The number of hydrogen-bond donors (Lipinski definition) is 2. The molecule has 1 aromatic carbocycles. The van der Waals surface area contributed by atoms with E-state index in [0.717, 1.165) is 25.9 Å². The van der Waals surface area contributed by atoms with E-state index in [1.165, 1.54) is 12.1 Å². The van der Waals surface area contributed by atoms with E-state index in [1.54, 1.807) is 19.1 Å². The zero-order valence-corrected chi connectivity index (χ0v) is 12.9. The maximum Gasteiger partial charge on any atom is 0.249 e. The molecule has 0 aliphatic carbocycles. The van der Waals surface area contributed by atoms with Crippen molar-refractivity contribution in [3.8, 4) is 11.4 Å². The molecule has 1 aliphatic heterocycles. The third-order valence-electron chi connectivity index (χ3n) is 3.96. The first-order chi connectivity index (χ1) is 11.1. The van der Waals surface area contributed by atoms with Crippen molar-refractivity contribution in [3.63, 3.8) is 0 Å². The highest BCUT2D eigenvalue weighted by Crippen LogP contribution is 2.20. The van der Waals surface area contributed by atoms with Crippen molar-refractivity contribution < 1.29 is 13.7 Å². The van der Waals surface area contributed by atoms with Crippen LogP contribution in [-0.4, -0.2) is 29.1 Å². The fourth-order valence-electron chi connectivity index (χ4n) is 2.63. The number of nitrogens with one attached hydrogen (secondary N) is 2. The van der Waals surface area contributed by atoms with Gasteiger partial charge in [0.25, 0.3) is 0 Å². The van der Waals surface area contributed by atoms with Gasteiger partial charge in [-0.2, -0.15) is 4.98 Å². The van der Waals surface area contributed by atoms with Crippen LogP contribution in [0.3, 0.4) is 0 Å². The summed E-state index contributed by atoms with van der Waals surface area (Å²) in [6, 6.07) is 5.60. The maximum absolute atomic E-state index is 13.2. The van der Waals surface area contributed by atoms with Gasteiger partial charge in [0.15, 0.2) is 0 Å². The Morgan fingerprint density at radius 1 is 1.43 bits per heavy atom. The number of halogens is 1. The number of carbonyl (C=O) groups excluding carboxylic acids is 1. The van der Waals surface area contributed by atoms with Crippen molar-refractivity contribution in [2.45, 2.75) is 25.8 Å². The third-order valence-corrected chi connectivity index (χ3v) is 3.96. The summed E-state index contributed by atoms with van der Waals surface area (Å²) in [4.78, 5) is 16.5. The van der Waals surface area contributed by atoms with Crippen LogP contribution >= 0.6 is 0 Å². The van der Waals surface area contributed by atoms with Crippen LogP contribution in [-0.2, 0) is 4.79 Å².